The summed E-state index contributed by atoms with van der Waals surface area (Å²) < 4.78 is 12.8. The van der Waals surface area contributed by atoms with Gasteiger partial charge in [0.1, 0.15) is 11.6 Å². The summed E-state index contributed by atoms with van der Waals surface area (Å²) >= 11 is 0. The van der Waals surface area contributed by atoms with Crippen molar-refractivity contribution in [2.75, 3.05) is 12.4 Å². The molecule has 3 aromatic carbocycles. The van der Waals surface area contributed by atoms with Gasteiger partial charge in [-0.2, -0.15) is 0 Å². The van der Waals surface area contributed by atoms with Crippen molar-refractivity contribution in [3.8, 4) is 5.75 Å². The molecule has 0 saturated heterocycles. The SMILES string of the molecule is COc1ccc(C)cc1NC(=O)C(OC(=O)c1ccc2c(=O)n3c(nc2c1)CCC3)c1ccccc1. The maximum Gasteiger partial charge on any atom is 0.339 e. The highest BCUT2D eigenvalue weighted by Crippen LogP contribution is 2.28. The molecule has 1 atom stereocenters. The van der Waals surface area contributed by atoms with E-state index in [9.17, 15) is 14.4 Å². The lowest BCUT2D eigenvalue weighted by Crippen LogP contribution is -2.26. The van der Waals surface area contributed by atoms with Crippen molar-refractivity contribution in [1.29, 1.82) is 0 Å². The number of aromatic nitrogens is 2. The summed E-state index contributed by atoms with van der Waals surface area (Å²) in [4.78, 5) is 43.9. The minimum absolute atomic E-state index is 0.110. The van der Waals surface area contributed by atoms with E-state index in [-0.39, 0.29) is 11.1 Å². The van der Waals surface area contributed by atoms with E-state index in [1.807, 2.05) is 19.1 Å². The van der Waals surface area contributed by atoms with Crippen LogP contribution < -0.4 is 15.6 Å². The van der Waals surface area contributed by atoms with Crippen LogP contribution in [0.1, 0.15) is 39.8 Å². The number of rotatable bonds is 6. The zero-order valence-electron chi connectivity index (χ0n) is 20.0. The Morgan fingerprint density at radius 1 is 1.06 bits per heavy atom. The van der Waals surface area contributed by atoms with Gasteiger partial charge in [0.25, 0.3) is 11.5 Å². The number of nitrogens with zero attached hydrogens (tertiary/aromatic N) is 2. The number of carbonyl (C=O) groups excluding carboxylic acids is 2. The third-order valence-corrected chi connectivity index (χ3v) is 6.23. The van der Waals surface area contributed by atoms with Gasteiger partial charge in [-0.05, 0) is 49.2 Å². The van der Waals surface area contributed by atoms with Crippen LogP contribution in [-0.2, 0) is 22.5 Å². The lowest BCUT2D eigenvalue weighted by atomic mass is 10.1. The van der Waals surface area contributed by atoms with E-state index in [0.717, 1.165) is 18.4 Å². The number of hydrogen-bond acceptors (Lipinski definition) is 6. The van der Waals surface area contributed by atoms with E-state index in [1.165, 1.54) is 13.2 Å². The number of aryl methyl sites for hydroxylation is 2. The summed E-state index contributed by atoms with van der Waals surface area (Å²) in [7, 11) is 1.52. The molecule has 1 unspecified atom stereocenters. The highest BCUT2D eigenvalue weighted by molar-refractivity contribution is 6.00. The molecule has 0 fully saturated rings. The van der Waals surface area contributed by atoms with Gasteiger partial charge >= 0.3 is 5.97 Å². The number of methoxy groups -OCH3 is 1. The fourth-order valence-corrected chi connectivity index (χ4v) is 4.40. The number of carbonyl (C=O) groups is 2. The second-order valence-electron chi connectivity index (χ2n) is 8.71. The third kappa shape index (κ3) is 4.45. The highest BCUT2D eigenvalue weighted by Gasteiger charge is 2.27. The van der Waals surface area contributed by atoms with E-state index in [1.54, 1.807) is 53.1 Å². The normalized spacial score (nSPS) is 13.2. The Labute approximate surface area is 207 Å². The van der Waals surface area contributed by atoms with Crippen molar-refractivity contribution in [1.82, 2.24) is 9.55 Å². The summed E-state index contributed by atoms with van der Waals surface area (Å²) in [6, 6.07) is 18.9. The predicted octanol–water partition coefficient (Wildman–Crippen LogP) is 4.20. The van der Waals surface area contributed by atoms with Crippen molar-refractivity contribution in [2.24, 2.45) is 0 Å². The summed E-state index contributed by atoms with van der Waals surface area (Å²) in [5.41, 5.74) is 2.46. The summed E-state index contributed by atoms with van der Waals surface area (Å²) in [5, 5.41) is 3.27. The molecule has 5 rings (SSSR count). The van der Waals surface area contributed by atoms with E-state index < -0.39 is 18.0 Å². The Bertz CT molecular complexity index is 1530. The van der Waals surface area contributed by atoms with Crippen LogP contribution in [0.25, 0.3) is 10.9 Å². The second kappa shape index (κ2) is 9.65. The standard InChI is InChI=1S/C28H25N3O5/c1-17-10-13-23(35-2)22(15-17)30-26(32)25(18-7-4-3-5-8-18)36-28(34)19-11-12-20-21(16-19)29-24-9-6-14-31(24)27(20)33/h3-5,7-8,10-13,15-16,25H,6,9,14H2,1-2H3,(H,30,32). The molecule has 0 saturated carbocycles. The van der Waals surface area contributed by atoms with E-state index in [0.29, 0.717) is 40.3 Å². The first kappa shape index (κ1) is 23.3. The summed E-state index contributed by atoms with van der Waals surface area (Å²) in [6.07, 6.45) is 0.379. The fraction of sp³-hybridized carbons (Fsp3) is 0.214. The molecular formula is C28H25N3O5. The van der Waals surface area contributed by atoms with Crippen molar-refractivity contribution in [3.63, 3.8) is 0 Å². The Balaban J connectivity index is 1.45. The molecule has 1 N–H and O–H groups in total. The van der Waals surface area contributed by atoms with Crippen LogP contribution in [0.5, 0.6) is 5.75 Å². The maximum atomic E-state index is 13.3. The zero-order valence-corrected chi connectivity index (χ0v) is 20.0. The first-order valence-electron chi connectivity index (χ1n) is 11.7. The smallest absolute Gasteiger partial charge is 0.339 e. The molecule has 8 nitrogen and oxygen atoms in total. The van der Waals surface area contributed by atoms with Crippen LogP contribution in [0.4, 0.5) is 5.69 Å². The Kier molecular flexibility index (Phi) is 6.25. The molecule has 4 aromatic rings. The van der Waals surface area contributed by atoms with Crippen LogP contribution in [0, 0.1) is 6.92 Å². The lowest BCUT2D eigenvalue weighted by Gasteiger charge is -2.19. The summed E-state index contributed by atoms with van der Waals surface area (Å²) in [6.45, 7) is 2.55. The Morgan fingerprint density at radius 3 is 2.64 bits per heavy atom. The van der Waals surface area contributed by atoms with Crippen LogP contribution >= 0.6 is 0 Å². The van der Waals surface area contributed by atoms with Crippen LogP contribution in [-0.4, -0.2) is 28.5 Å². The molecule has 0 bridgehead atoms. The van der Waals surface area contributed by atoms with E-state index in [2.05, 4.69) is 10.3 Å². The number of ether oxygens (including phenoxy) is 2. The van der Waals surface area contributed by atoms with Gasteiger partial charge in [-0.3, -0.25) is 14.2 Å². The third-order valence-electron chi connectivity index (χ3n) is 6.23. The van der Waals surface area contributed by atoms with Crippen LogP contribution in [0.2, 0.25) is 0 Å². The van der Waals surface area contributed by atoms with Gasteiger partial charge in [0, 0.05) is 18.5 Å². The molecule has 36 heavy (non-hydrogen) atoms. The molecular weight excluding hydrogens is 458 g/mol. The molecule has 1 aromatic heterocycles. The molecule has 2 heterocycles. The number of anilines is 1. The average molecular weight is 484 g/mol. The van der Waals surface area contributed by atoms with Crippen molar-refractivity contribution >= 4 is 28.5 Å². The van der Waals surface area contributed by atoms with E-state index >= 15 is 0 Å². The van der Waals surface area contributed by atoms with Crippen LogP contribution in [0.3, 0.4) is 0 Å². The van der Waals surface area contributed by atoms with E-state index in [4.69, 9.17) is 9.47 Å². The maximum absolute atomic E-state index is 13.3. The lowest BCUT2D eigenvalue weighted by molar-refractivity contribution is -0.125. The van der Waals surface area contributed by atoms with Gasteiger partial charge in [0.2, 0.25) is 6.10 Å². The molecule has 0 radical (unpaired) electrons. The topological polar surface area (TPSA) is 99.5 Å². The van der Waals surface area contributed by atoms with Crippen molar-refractivity contribution in [2.45, 2.75) is 32.4 Å². The monoisotopic (exact) mass is 483 g/mol. The number of fused-ring (bicyclic) bond motifs is 2. The van der Waals surface area contributed by atoms with Crippen LogP contribution in [0.15, 0.2) is 71.5 Å². The first-order valence-corrected chi connectivity index (χ1v) is 11.7. The summed E-state index contributed by atoms with van der Waals surface area (Å²) in [5.74, 6) is -0.00823. The molecule has 0 aliphatic carbocycles. The minimum atomic E-state index is -1.21. The zero-order chi connectivity index (χ0) is 25.2. The van der Waals surface area contributed by atoms with Crippen molar-refractivity contribution < 1.29 is 19.1 Å². The molecule has 0 spiro atoms. The molecule has 182 valence electrons. The van der Waals surface area contributed by atoms with Gasteiger partial charge < -0.3 is 14.8 Å². The second-order valence-corrected chi connectivity index (χ2v) is 8.71. The molecule has 1 aliphatic heterocycles. The number of nitrogens with one attached hydrogen (secondary N) is 1. The van der Waals surface area contributed by atoms with Gasteiger partial charge in [0.15, 0.2) is 0 Å². The fourth-order valence-electron chi connectivity index (χ4n) is 4.40. The molecule has 8 heteroatoms. The minimum Gasteiger partial charge on any atom is -0.495 e. The van der Waals surface area contributed by atoms with Crippen molar-refractivity contribution in [3.05, 3.63) is 99.6 Å². The average Bonchev–Trinajstić information content (AvgIpc) is 3.36. The van der Waals surface area contributed by atoms with Gasteiger partial charge in [0.05, 0.1) is 29.3 Å². The molecule has 1 aliphatic rings. The quantitative estimate of drug-likeness (QED) is 0.413. The number of benzene rings is 3. The largest absolute Gasteiger partial charge is 0.495 e. The van der Waals surface area contributed by atoms with Gasteiger partial charge in [-0.25, -0.2) is 9.78 Å². The van der Waals surface area contributed by atoms with Gasteiger partial charge in [-0.1, -0.05) is 36.4 Å². The highest BCUT2D eigenvalue weighted by atomic mass is 16.5. The number of esters is 1. The Hall–Kier alpha value is -4.46. The number of hydrogen-bond donors (Lipinski definition) is 1. The molecule has 1 amide bonds. The number of amides is 1. The van der Waals surface area contributed by atoms with Gasteiger partial charge in [-0.15, -0.1) is 0 Å². The first-order chi connectivity index (χ1) is 17.4. The predicted molar refractivity (Wildman–Crippen MR) is 135 cm³/mol. The Morgan fingerprint density at radius 2 is 1.86 bits per heavy atom.